The molecule has 4 heteroatoms. The van der Waals surface area contributed by atoms with Gasteiger partial charge in [-0.1, -0.05) is 55.3 Å². The van der Waals surface area contributed by atoms with Gasteiger partial charge in [0.1, 0.15) is 6.61 Å². The Morgan fingerprint density at radius 2 is 1.62 bits per heavy atom. The maximum Gasteiger partial charge on any atom is 0.411 e. The van der Waals surface area contributed by atoms with E-state index in [2.05, 4.69) is 5.32 Å². The van der Waals surface area contributed by atoms with Gasteiger partial charge in [-0.15, -0.1) is 0 Å². The summed E-state index contributed by atoms with van der Waals surface area (Å²) in [4.78, 5) is 24.7. The van der Waals surface area contributed by atoms with Crippen LogP contribution in [0.2, 0.25) is 0 Å². The highest BCUT2D eigenvalue weighted by atomic mass is 16.5. The van der Waals surface area contributed by atoms with Crippen LogP contribution in [-0.2, 0) is 11.3 Å². The fourth-order valence-electron chi connectivity index (χ4n) is 3.08. The Kier molecular flexibility index (Phi) is 5.26. The first kappa shape index (κ1) is 16.2. The van der Waals surface area contributed by atoms with Crippen LogP contribution in [-0.4, -0.2) is 11.9 Å². The highest BCUT2D eigenvalue weighted by Gasteiger charge is 2.25. The number of para-hydroxylation sites is 1. The molecule has 0 atom stereocenters. The van der Waals surface area contributed by atoms with Crippen LogP contribution < -0.4 is 5.32 Å². The Morgan fingerprint density at radius 3 is 2.38 bits per heavy atom. The Labute approximate surface area is 141 Å². The molecule has 1 aliphatic carbocycles. The van der Waals surface area contributed by atoms with Crippen molar-refractivity contribution in [2.24, 2.45) is 5.92 Å². The summed E-state index contributed by atoms with van der Waals surface area (Å²) in [5, 5.41) is 2.70. The zero-order chi connectivity index (χ0) is 16.8. The summed E-state index contributed by atoms with van der Waals surface area (Å²) in [7, 11) is 0. The SMILES string of the molecule is O=C(Nc1ccccc1C(=O)C1CCCC1)OCc1ccccc1. The molecule has 24 heavy (non-hydrogen) atoms. The fourth-order valence-corrected chi connectivity index (χ4v) is 3.08. The molecule has 0 aliphatic heterocycles. The number of amides is 1. The summed E-state index contributed by atoms with van der Waals surface area (Å²) in [6.07, 6.45) is 3.53. The van der Waals surface area contributed by atoms with Gasteiger partial charge in [0, 0.05) is 11.5 Å². The number of nitrogens with one attached hydrogen (secondary N) is 1. The molecule has 2 aromatic rings. The Morgan fingerprint density at radius 1 is 0.958 bits per heavy atom. The summed E-state index contributed by atoms with van der Waals surface area (Å²) in [5.41, 5.74) is 2.01. The Hall–Kier alpha value is -2.62. The molecule has 1 aliphatic rings. The minimum absolute atomic E-state index is 0.0771. The van der Waals surface area contributed by atoms with Crippen LogP contribution in [0.15, 0.2) is 54.6 Å². The van der Waals surface area contributed by atoms with Gasteiger partial charge in [-0.25, -0.2) is 4.79 Å². The summed E-state index contributed by atoms with van der Waals surface area (Å²) >= 11 is 0. The van der Waals surface area contributed by atoms with Crippen LogP contribution in [0, 0.1) is 5.92 Å². The predicted molar refractivity (Wildman–Crippen MR) is 93.0 cm³/mol. The van der Waals surface area contributed by atoms with Gasteiger partial charge in [-0.3, -0.25) is 10.1 Å². The van der Waals surface area contributed by atoms with Crippen molar-refractivity contribution < 1.29 is 14.3 Å². The van der Waals surface area contributed by atoms with Crippen molar-refractivity contribution >= 4 is 17.6 Å². The second-order valence-corrected chi connectivity index (χ2v) is 6.08. The average Bonchev–Trinajstić information content (AvgIpc) is 3.15. The summed E-state index contributed by atoms with van der Waals surface area (Å²) < 4.78 is 5.23. The molecule has 4 nitrogen and oxygen atoms in total. The second kappa shape index (κ2) is 7.77. The van der Waals surface area contributed by atoms with Crippen LogP contribution >= 0.6 is 0 Å². The van der Waals surface area contributed by atoms with Crippen molar-refractivity contribution in [2.45, 2.75) is 32.3 Å². The molecule has 0 radical (unpaired) electrons. The van der Waals surface area contributed by atoms with Gasteiger partial charge < -0.3 is 4.74 Å². The second-order valence-electron chi connectivity index (χ2n) is 6.08. The lowest BCUT2D eigenvalue weighted by atomic mass is 9.95. The van der Waals surface area contributed by atoms with Crippen molar-refractivity contribution in [3.63, 3.8) is 0 Å². The lowest BCUT2D eigenvalue weighted by Gasteiger charge is -2.13. The zero-order valence-corrected chi connectivity index (χ0v) is 13.5. The van der Waals surface area contributed by atoms with Crippen LogP contribution in [0.1, 0.15) is 41.6 Å². The minimum Gasteiger partial charge on any atom is -0.444 e. The molecule has 0 heterocycles. The largest absolute Gasteiger partial charge is 0.444 e. The van der Waals surface area contributed by atoms with E-state index in [9.17, 15) is 9.59 Å². The van der Waals surface area contributed by atoms with Crippen molar-refractivity contribution in [1.29, 1.82) is 0 Å². The van der Waals surface area contributed by atoms with Gasteiger partial charge in [-0.2, -0.15) is 0 Å². The normalized spacial score (nSPS) is 14.3. The molecule has 1 N–H and O–H groups in total. The minimum atomic E-state index is -0.550. The van der Waals surface area contributed by atoms with Gasteiger partial charge in [0.15, 0.2) is 5.78 Å². The molecule has 0 spiro atoms. The van der Waals surface area contributed by atoms with E-state index >= 15 is 0 Å². The number of hydrogen-bond acceptors (Lipinski definition) is 3. The molecule has 0 bridgehead atoms. The number of carbonyl (C=O) groups is 2. The number of carbonyl (C=O) groups excluding carboxylic acids is 2. The molecule has 0 aromatic heterocycles. The topological polar surface area (TPSA) is 55.4 Å². The number of Topliss-reactive ketones (excluding diaryl/α,β-unsaturated/α-hetero) is 1. The molecule has 1 amide bonds. The summed E-state index contributed by atoms with van der Waals surface area (Å²) in [5.74, 6) is 0.194. The van der Waals surface area contributed by atoms with Crippen LogP contribution in [0.25, 0.3) is 0 Å². The van der Waals surface area contributed by atoms with Gasteiger partial charge in [0.25, 0.3) is 0 Å². The van der Waals surface area contributed by atoms with E-state index < -0.39 is 6.09 Å². The molecule has 1 fully saturated rings. The zero-order valence-electron chi connectivity index (χ0n) is 13.5. The van der Waals surface area contributed by atoms with E-state index in [1.54, 1.807) is 18.2 Å². The summed E-state index contributed by atoms with van der Waals surface area (Å²) in [6, 6.07) is 16.6. The van der Waals surface area contributed by atoms with E-state index in [1.165, 1.54) is 0 Å². The number of hydrogen-bond donors (Lipinski definition) is 1. The number of benzene rings is 2. The van der Waals surface area contributed by atoms with Gasteiger partial charge in [0.2, 0.25) is 0 Å². The lowest BCUT2D eigenvalue weighted by Crippen LogP contribution is -2.18. The first-order valence-electron chi connectivity index (χ1n) is 8.35. The number of ketones is 1. The predicted octanol–water partition coefficient (Wildman–Crippen LogP) is 4.81. The smallest absolute Gasteiger partial charge is 0.411 e. The average molecular weight is 323 g/mol. The third-order valence-electron chi connectivity index (χ3n) is 4.37. The van der Waals surface area contributed by atoms with Crippen molar-refractivity contribution in [1.82, 2.24) is 0 Å². The van der Waals surface area contributed by atoms with Gasteiger partial charge >= 0.3 is 6.09 Å². The molecule has 2 aromatic carbocycles. The van der Waals surface area contributed by atoms with Crippen LogP contribution in [0.5, 0.6) is 0 Å². The van der Waals surface area contributed by atoms with E-state index in [1.807, 2.05) is 36.4 Å². The first-order chi connectivity index (χ1) is 11.7. The summed E-state index contributed by atoms with van der Waals surface area (Å²) in [6.45, 7) is 0.200. The molecular formula is C20H21NO3. The van der Waals surface area contributed by atoms with E-state index in [4.69, 9.17) is 4.74 Å². The highest BCUT2D eigenvalue weighted by molar-refractivity contribution is 6.05. The Bertz CT molecular complexity index is 706. The van der Waals surface area contributed by atoms with E-state index in [0.29, 0.717) is 11.3 Å². The highest BCUT2D eigenvalue weighted by Crippen LogP contribution is 2.30. The molecule has 1 saturated carbocycles. The monoisotopic (exact) mass is 323 g/mol. The quantitative estimate of drug-likeness (QED) is 0.803. The van der Waals surface area contributed by atoms with Gasteiger partial charge in [0.05, 0.1) is 5.69 Å². The number of anilines is 1. The molecule has 0 saturated heterocycles. The maximum absolute atomic E-state index is 12.6. The van der Waals surface area contributed by atoms with Gasteiger partial charge in [-0.05, 0) is 30.5 Å². The third-order valence-corrected chi connectivity index (χ3v) is 4.37. The molecule has 3 rings (SSSR count). The lowest BCUT2D eigenvalue weighted by molar-refractivity contribution is 0.0923. The van der Waals surface area contributed by atoms with Crippen LogP contribution in [0.4, 0.5) is 10.5 Å². The van der Waals surface area contributed by atoms with E-state index in [0.717, 1.165) is 31.2 Å². The van der Waals surface area contributed by atoms with Crippen molar-refractivity contribution in [2.75, 3.05) is 5.32 Å². The Balaban J connectivity index is 1.64. The standard InChI is InChI=1S/C20H21NO3/c22-19(16-10-4-5-11-16)17-12-6-7-13-18(17)21-20(23)24-14-15-8-2-1-3-9-15/h1-3,6-9,12-13,16H,4-5,10-11,14H2,(H,21,23). The fraction of sp³-hybridized carbons (Fsp3) is 0.300. The van der Waals surface area contributed by atoms with E-state index in [-0.39, 0.29) is 18.3 Å². The molecule has 0 unspecified atom stereocenters. The van der Waals surface area contributed by atoms with Crippen molar-refractivity contribution in [3.8, 4) is 0 Å². The van der Waals surface area contributed by atoms with Crippen molar-refractivity contribution in [3.05, 3.63) is 65.7 Å². The molecule has 124 valence electrons. The first-order valence-corrected chi connectivity index (χ1v) is 8.35. The number of ether oxygens (including phenoxy) is 1. The number of rotatable bonds is 5. The molecular weight excluding hydrogens is 302 g/mol. The maximum atomic E-state index is 12.6. The van der Waals surface area contributed by atoms with Crippen LogP contribution in [0.3, 0.4) is 0 Å². The third kappa shape index (κ3) is 4.02.